The molecule has 0 aliphatic heterocycles. The lowest BCUT2D eigenvalue weighted by atomic mass is 10.2. The molecule has 1 aromatic rings. The number of nitrogens with zero attached hydrogens (tertiary/aromatic N) is 2. The number of aromatic nitrogens is 2. The summed E-state index contributed by atoms with van der Waals surface area (Å²) in [6.07, 6.45) is 3.99. The van der Waals surface area contributed by atoms with E-state index in [2.05, 4.69) is 29.1 Å². The van der Waals surface area contributed by atoms with Crippen LogP contribution in [-0.2, 0) is 4.74 Å². The molecule has 0 radical (unpaired) electrons. The van der Waals surface area contributed by atoms with Crippen LogP contribution in [-0.4, -0.2) is 29.7 Å². The Morgan fingerprint density at radius 1 is 1.50 bits per heavy atom. The van der Waals surface area contributed by atoms with Crippen LogP contribution in [0.1, 0.15) is 20.3 Å². The Morgan fingerprint density at radius 3 is 3.00 bits per heavy atom. The summed E-state index contributed by atoms with van der Waals surface area (Å²) in [6, 6.07) is 0. The van der Waals surface area contributed by atoms with Gasteiger partial charge in [-0.25, -0.2) is 9.97 Å². The number of anilines is 1. The van der Waals surface area contributed by atoms with Crippen LogP contribution in [0.5, 0.6) is 0 Å². The van der Waals surface area contributed by atoms with Gasteiger partial charge in [0, 0.05) is 19.8 Å². The molecule has 0 atom stereocenters. The molecular weight excluding hydrogens is 226 g/mol. The average Bonchev–Trinajstić information content (AvgIpc) is 2.25. The number of ether oxygens (including phenoxy) is 1. The van der Waals surface area contributed by atoms with Crippen molar-refractivity contribution < 1.29 is 4.74 Å². The first-order valence-corrected chi connectivity index (χ1v) is 5.85. The molecule has 0 amide bonds. The van der Waals surface area contributed by atoms with Crippen LogP contribution in [0, 0.1) is 5.92 Å². The normalized spacial score (nSPS) is 10.8. The van der Waals surface area contributed by atoms with Gasteiger partial charge in [0.25, 0.3) is 0 Å². The first kappa shape index (κ1) is 13.2. The van der Waals surface area contributed by atoms with Gasteiger partial charge < -0.3 is 10.1 Å². The van der Waals surface area contributed by atoms with Crippen LogP contribution >= 0.6 is 11.6 Å². The van der Waals surface area contributed by atoms with E-state index in [0.717, 1.165) is 26.2 Å². The number of rotatable bonds is 7. The summed E-state index contributed by atoms with van der Waals surface area (Å²) in [6.45, 7) is 6.65. The first-order valence-electron chi connectivity index (χ1n) is 5.47. The van der Waals surface area contributed by atoms with Crippen LogP contribution in [0.2, 0.25) is 5.02 Å². The summed E-state index contributed by atoms with van der Waals surface area (Å²) in [5.74, 6) is 1.27. The predicted octanol–water partition coefficient (Wildman–Crippen LogP) is 2.60. The highest BCUT2D eigenvalue weighted by Gasteiger charge is 1.99. The van der Waals surface area contributed by atoms with Crippen molar-refractivity contribution in [1.82, 2.24) is 9.97 Å². The largest absolute Gasteiger partial charge is 0.381 e. The maximum Gasteiger partial charge on any atom is 0.148 e. The third-order valence-electron chi connectivity index (χ3n) is 1.88. The highest BCUT2D eigenvalue weighted by Crippen LogP contribution is 2.15. The van der Waals surface area contributed by atoms with E-state index in [9.17, 15) is 0 Å². The van der Waals surface area contributed by atoms with E-state index in [4.69, 9.17) is 16.3 Å². The van der Waals surface area contributed by atoms with Gasteiger partial charge in [-0.05, 0) is 12.3 Å². The Labute approximate surface area is 101 Å². The third-order valence-corrected chi connectivity index (χ3v) is 2.15. The fourth-order valence-corrected chi connectivity index (χ4v) is 1.31. The zero-order chi connectivity index (χ0) is 11.8. The van der Waals surface area contributed by atoms with E-state index in [0.29, 0.717) is 16.8 Å². The molecule has 0 aromatic carbocycles. The minimum atomic E-state index is 0.547. The maximum absolute atomic E-state index is 5.89. The highest BCUT2D eigenvalue weighted by atomic mass is 35.5. The van der Waals surface area contributed by atoms with Gasteiger partial charge in [0.2, 0.25) is 0 Å². The standard InChI is InChI=1S/C11H18ClN3O/c1-9(2)7-16-5-3-4-14-11-10(12)6-13-8-15-11/h6,8-9H,3-5,7H2,1-2H3,(H,13,14,15). The van der Waals surface area contributed by atoms with Gasteiger partial charge in [-0.15, -0.1) is 0 Å². The fourth-order valence-electron chi connectivity index (χ4n) is 1.14. The molecule has 4 nitrogen and oxygen atoms in total. The molecular formula is C11H18ClN3O. The van der Waals surface area contributed by atoms with E-state index in [1.54, 1.807) is 6.20 Å². The first-order chi connectivity index (χ1) is 7.70. The van der Waals surface area contributed by atoms with Crippen molar-refractivity contribution in [3.05, 3.63) is 17.5 Å². The molecule has 0 spiro atoms. The lowest BCUT2D eigenvalue weighted by Crippen LogP contribution is -2.09. The zero-order valence-electron chi connectivity index (χ0n) is 9.74. The molecule has 1 aromatic heterocycles. The van der Waals surface area contributed by atoms with E-state index < -0.39 is 0 Å². The second kappa shape index (κ2) is 7.41. The van der Waals surface area contributed by atoms with Crippen molar-refractivity contribution in [2.45, 2.75) is 20.3 Å². The zero-order valence-corrected chi connectivity index (χ0v) is 10.5. The van der Waals surface area contributed by atoms with Gasteiger partial charge >= 0.3 is 0 Å². The molecule has 0 aliphatic rings. The second-order valence-corrected chi connectivity index (χ2v) is 4.38. The SMILES string of the molecule is CC(C)COCCCNc1ncncc1Cl. The summed E-state index contributed by atoms with van der Waals surface area (Å²) in [5, 5.41) is 3.68. The molecule has 0 saturated carbocycles. The van der Waals surface area contributed by atoms with E-state index in [1.165, 1.54) is 6.33 Å². The Kier molecular flexibility index (Phi) is 6.11. The molecule has 1 rings (SSSR count). The van der Waals surface area contributed by atoms with Crippen LogP contribution in [0.25, 0.3) is 0 Å². The van der Waals surface area contributed by atoms with Gasteiger partial charge in [0.1, 0.15) is 17.2 Å². The molecule has 0 unspecified atom stereocenters. The predicted molar refractivity (Wildman–Crippen MR) is 65.8 cm³/mol. The molecule has 0 fully saturated rings. The van der Waals surface area contributed by atoms with Crippen molar-refractivity contribution in [3.8, 4) is 0 Å². The van der Waals surface area contributed by atoms with Crippen molar-refractivity contribution in [3.63, 3.8) is 0 Å². The average molecular weight is 244 g/mol. The minimum absolute atomic E-state index is 0.547. The Bertz CT molecular complexity index is 307. The number of hydrogen-bond donors (Lipinski definition) is 1. The van der Waals surface area contributed by atoms with Crippen molar-refractivity contribution >= 4 is 17.4 Å². The number of halogens is 1. The Morgan fingerprint density at radius 2 is 2.31 bits per heavy atom. The molecule has 0 aliphatic carbocycles. The molecule has 1 heterocycles. The van der Waals surface area contributed by atoms with Crippen molar-refractivity contribution in [2.24, 2.45) is 5.92 Å². The van der Waals surface area contributed by atoms with Crippen molar-refractivity contribution in [1.29, 1.82) is 0 Å². The lowest BCUT2D eigenvalue weighted by molar-refractivity contribution is 0.110. The summed E-state index contributed by atoms with van der Waals surface area (Å²) in [5.41, 5.74) is 0. The lowest BCUT2D eigenvalue weighted by Gasteiger charge is -2.08. The molecule has 1 N–H and O–H groups in total. The quantitative estimate of drug-likeness (QED) is 0.748. The highest BCUT2D eigenvalue weighted by molar-refractivity contribution is 6.32. The molecule has 0 saturated heterocycles. The second-order valence-electron chi connectivity index (χ2n) is 3.97. The summed E-state index contributed by atoms with van der Waals surface area (Å²) in [4.78, 5) is 7.84. The number of nitrogens with one attached hydrogen (secondary N) is 1. The third kappa shape index (κ3) is 5.28. The van der Waals surface area contributed by atoms with Gasteiger partial charge in [0.15, 0.2) is 0 Å². The molecule has 0 bridgehead atoms. The van der Waals surface area contributed by atoms with Crippen LogP contribution in [0.4, 0.5) is 5.82 Å². The van der Waals surface area contributed by atoms with Gasteiger partial charge in [-0.1, -0.05) is 25.4 Å². The van der Waals surface area contributed by atoms with Gasteiger partial charge in [-0.2, -0.15) is 0 Å². The van der Waals surface area contributed by atoms with Gasteiger partial charge in [-0.3, -0.25) is 0 Å². The fraction of sp³-hybridized carbons (Fsp3) is 0.636. The van der Waals surface area contributed by atoms with Crippen LogP contribution in [0.3, 0.4) is 0 Å². The molecule has 5 heteroatoms. The molecule has 90 valence electrons. The smallest absolute Gasteiger partial charge is 0.148 e. The van der Waals surface area contributed by atoms with Crippen LogP contribution in [0.15, 0.2) is 12.5 Å². The van der Waals surface area contributed by atoms with Gasteiger partial charge in [0.05, 0.1) is 6.20 Å². The van der Waals surface area contributed by atoms with Crippen molar-refractivity contribution in [2.75, 3.05) is 25.1 Å². The van der Waals surface area contributed by atoms with E-state index in [1.807, 2.05) is 0 Å². The minimum Gasteiger partial charge on any atom is -0.381 e. The summed E-state index contributed by atoms with van der Waals surface area (Å²) < 4.78 is 5.46. The maximum atomic E-state index is 5.89. The summed E-state index contributed by atoms with van der Waals surface area (Å²) in [7, 11) is 0. The monoisotopic (exact) mass is 243 g/mol. The van der Waals surface area contributed by atoms with Crippen LogP contribution < -0.4 is 5.32 Å². The Balaban J connectivity index is 2.10. The van der Waals surface area contributed by atoms with E-state index in [-0.39, 0.29) is 0 Å². The summed E-state index contributed by atoms with van der Waals surface area (Å²) >= 11 is 5.89. The van der Waals surface area contributed by atoms with E-state index >= 15 is 0 Å². The molecule has 16 heavy (non-hydrogen) atoms. The number of hydrogen-bond acceptors (Lipinski definition) is 4. The topological polar surface area (TPSA) is 47.0 Å². The Hall–Kier alpha value is -0.870.